The Kier molecular flexibility index (Phi) is 1.93. The van der Waals surface area contributed by atoms with E-state index in [9.17, 15) is 0 Å². The molecule has 0 saturated carbocycles. The maximum Gasteiger partial charge on any atom is 0.0820 e. The summed E-state index contributed by atoms with van der Waals surface area (Å²) in [4.78, 5) is 0. The molecule has 1 saturated heterocycles. The predicted molar refractivity (Wildman–Crippen MR) is 38.4 cm³/mol. The van der Waals surface area contributed by atoms with Crippen molar-refractivity contribution >= 4 is 23.5 Å². The highest BCUT2D eigenvalue weighted by molar-refractivity contribution is 8.24. The highest BCUT2D eigenvalue weighted by atomic mass is 32.2. The van der Waals surface area contributed by atoms with Crippen LogP contribution in [0.15, 0.2) is 0 Å². The fourth-order valence-electron chi connectivity index (χ4n) is 0.586. The standard InChI is InChI=1S/C5H9S2/c1-4-3-6-5(2)7-4/h4H,3H2,1-2H3. The van der Waals surface area contributed by atoms with Crippen molar-refractivity contribution in [1.29, 1.82) is 0 Å². The largest absolute Gasteiger partial charge is 0.141 e. The van der Waals surface area contributed by atoms with Crippen molar-refractivity contribution < 1.29 is 0 Å². The molecular formula is C5H9S2. The van der Waals surface area contributed by atoms with Gasteiger partial charge in [0.1, 0.15) is 0 Å². The van der Waals surface area contributed by atoms with Crippen LogP contribution in [0.2, 0.25) is 0 Å². The Labute approximate surface area is 53.4 Å². The minimum Gasteiger partial charge on any atom is -0.141 e. The summed E-state index contributed by atoms with van der Waals surface area (Å²) in [5.74, 6) is 1.32. The van der Waals surface area contributed by atoms with Crippen molar-refractivity contribution in [3.8, 4) is 0 Å². The molecule has 1 aliphatic rings. The van der Waals surface area contributed by atoms with E-state index in [4.69, 9.17) is 0 Å². The van der Waals surface area contributed by atoms with Gasteiger partial charge in [-0.3, -0.25) is 0 Å². The van der Waals surface area contributed by atoms with Crippen LogP contribution in [0, 0.1) is 4.58 Å². The Morgan fingerprint density at radius 1 is 1.71 bits per heavy atom. The Morgan fingerprint density at radius 2 is 2.43 bits per heavy atom. The lowest BCUT2D eigenvalue weighted by Crippen LogP contribution is -1.88. The highest BCUT2D eigenvalue weighted by Gasteiger charge is 2.18. The van der Waals surface area contributed by atoms with Gasteiger partial charge in [-0.15, -0.1) is 23.5 Å². The molecular weight excluding hydrogens is 124 g/mol. The number of hydrogen-bond acceptors (Lipinski definition) is 2. The molecule has 0 amide bonds. The molecule has 1 atom stereocenters. The predicted octanol–water partition coefficient (Wildman–Crippen LogP) is 2.36. The van der Waals surface area contributed by atoms with E-state index >= 15 is 0 Å². The van der Waals surface area contributed by atoms with Gasteiger partial charge in [-0.25, -0.2) is 0 Å². The maximum absolute atomic E-state index is 2.27. The van der Waals surface area contributed by atoms with Crippen LogP contribution in [-0.4, -0.2) is 11.0 Å². The minimum absolute atomic E-state index is 0.866. The summed E-state index contributed by atoms with van der Waals surface area (Å²) < 4.78 is 1.53. The van der Waals surface area contributed by atoms with E-state index in [1.807, 2.05) is 23.5 Å². The first kappa shape index (κ1) is 5.83. The molecule has 0 aromatic heterocycles. The summed E-state index contributed by atoms with van der Waals surface area (Å²) in [7, 11) is 0. The lowest BCUT2D eigenvalue weighted by molar-refractivity contribution is 1.15. The average molecular weight is 133 g/mol. The van der Waals surface area contributed by atoms with Crippen molar-refractivity contribution in [2.24, 2.45) is 0 Å². The summed E-state index contributed by atoms with van der Waals surface area (Å²) in [5, 5.41) is 0.866. The van der Waals surface area contributed by atoms with Crippen molar-refractivity contribution in [2.75, 3.05) is 5.75 Å². The van der Waals surface area contributed by atoms with Gasteiger partial charge in [0.15, 0.2) is 0 Å². The number of rotatable bonds is 0. The third-order valence-corrected chi connectivity index (χ3v) is 3.72. The summed E-state index contributed by atoms with van der Waals surface area (Å²) in [6, 6.07) is 0. The van der Waals surface area contributed by atoms with Crippen LogP contribution >= 0.6 is 23.5 Å². The summed E-state index contributed by atoms with van der Waals surface area (Å²) in [6.45, 7) is 4.47. The second-order valence-corrected chi connectivity index (χ2v) is 4.88. The van der Waals surface area contributed by atoms with Crippen LogP contribution in [0.25, 0.3) is 0 Å². The van der Waals surface area contributed by atoms with Crippen molar-refractivity contribution in [1.82, 2.24) is 0 Å². The monoisotopic (exact) mass is 133 g/mol. The van der Waals surface area contributed by atoms with Gasteiger partial charge in [-0.2, -0.15) is 0 Å². The molecule has 0 aliphatic carbocycles. The Balaban J connectivity index is 2.26. The van der Waals surface area contributed by atoms with Crippen LogP contribution in [-0.2, 0) is 0 Å². The molecule has 1 aliphatic heterocycles. The molecule has 0 aromatic carbocycles. The van der Waals surface area contributed by atoms with Crippen LogP contribution < -0.4 is 0 Å². The topological polar surface area (TPSA) is 0 Å². The van der Waals surface area contributed by atoms with Gasteiger partial charge >= 0.3 is 0 Å². The number of hydrogen-bond donors (Lipinski definition) is 0. The zero-order valence-corrected chi connectivity index (χ0v) is 6.23. The fraction of sp³-hybridized carbons (Fsp3) is 0.800. The smallest absolute Gasteiger partial charge is 0.0820 e. The molecule has 0 nitrogen and oxygen atoms in total. The van der Waals surface area contributed by atoms with E-state index in [1.165, 1.54) is 10.3 Å². The second-order valence-electron chi connectivity index (χ2n) is 1.73. The van der Waals surface area contributed by atoms with E-state index in [1.54, 1.807) is 0 Å². The molecule has 7 heavy (non-hydrogen) atoms. The molecule has 41 valence electrons. The van der Waals surface area contributed by atoms with Crippen LogP contribution in [0.1, 0.15) is 13.8 Å². The quantitative estimate of drug-likeness (QED) is 0.497. The van der Waals surface area contributed by atoms with Gasteiger partial charge in [0, 0.05) is 11.0 Å². The zero-order valence-electron chi connectivity index (χ0n) is 4.60. The van der Waals surface area contributed by atoms with Gasteiger partial charge in [0.25, 0.3) is 0 Å². The molecule has 1 heterocycles. The highest BCUT2D eigenvalue weighted by Crippen LogP contribution is 2.42. The van der Waals surface area contributed by atoms with Gasteiger partial charge in [0.2, 0.25) is 0 Å². The van der Waals surface area contributed by atoms with Gasteiger partial charge in [0.05, 0.1) is 4.58 Å². The Bertz CT molecular complexity index is 55.1. The van der Waals surface area contributed by atoms with Gasteiger partial charge in [-0.05, 0) is 6.92 Å². The third-order valence-electron chi connectivity index (χ3n) is 0.888. The minimum atomic E-state index is 0.866. The van der Waals surface area contributed by atoms with Crippen molar-refractivity contribution in [3.63, 3.8) is 0 Å². The number of thioether (sulfide) groups is 2. The van der Waals surface area contributed by atoms with Gasteiger partial charge in [-0.1, -0.05) is 6.92 Å². The van der Waals surface area contributed by atoms with Crippen LogP contribution in [0.4, 0.5) is 0 Å². The Hall–Kier alpha value is 0.700. The van der Waals surface area contributed by atoms with Crippen molar-refractivity contribution in [2.45, 2.75) is 19.1 Å². The SMILES string of the molecule is C[C]1SCC(C)S1. The molecule has 1 rings (SSSR count). The third kappa shape index (κ3) is 1.57. The molecule has 0 aromatic rings. The van der Waals surface area contributed by atoms with Crippen LogP contribution in [0.5, 0.6) is 0 Å². The second kappa shape index (κ2) is 2.31. The first-order valence-electron chi connectivity index (χ1n) is 2.42. The molecule has 1 radical (unpaired) electrons. The maximum atomic E-state index is 2.27. The molecule has 1 fully saturated rings. The van der Waals surface area contributed by atoms with E-state index in [0.29, 0.717) is 0 Å². The van der Waals surface area contributed by atoms with E-state index in [-0.39, 0.29) is 0 Å². The van der Waals surface area contributed by atoms with Crippen LogP contribution in [0.3, 0.4) is 0 Å². The molecule has 0 spiro atoms. The Morgan fingerprint density at radius 3 is 2.57 bits per heavy atom. The van der Waals surface area contributed by atoms with E-state index in [0.717, 1.165) is 5.25 Å². The molecule has 0 N–H and O–H groups in total. The van der Waals surface area contributed by atoms with Crippen molar-refractivity contribution in [3.05, 3.63) is 4.58 Å². The summed E-state index contributed by atoms with van der Waals surface area (Å²) in [6.07, 6.45) is 0. The fourth-order valence-corrected chi connectivity index (χ4v) is 3.07. The molecule has 2 heteroatoms. The van der Waals surface area contributed by atoms with E-state index in [2.05, 4.69) is 13.8 Å². The zero-order chi connectivity index (χ0) is 5.28. The lowest BCUT2D eigenvalue weighted by atomic mass is 10.6. The normalized spacial score (nSPS) is 34.3. The first-order chi connectivity index (χ1) is 3.29. The first-order valence-corrected chi connectivity index (χ1v) is 4.28. The summed E-state index contributed by atoms with van der Waals surface area (Å²) >= 11 is 3.98. The van der Waals surface area contributed by atoms with E-state index < -0.39 is 0 Å². The van der Waals surface area contributed by atoms with Gasteiger partial charge < -0.3 is 0 Å². The molecule has 0 bridgehead atoms. The average Bonchev–Trinajstić information content (AvgIpc) is 1.87. The lowest BCUT2D eigenvalue weighted by Gasteiger charge is -1.94. The summed E-state index contributed by atoms with van der Waals surface area (Å²) in [5.41, 5.74) is 0. The molecule has 1 unspecified atom stereocenters.